The van der Waals surface area contributed by atoms with Crippen LogP contribution >= 0.6 is 11.3 Å². The lowest BCUT2D eigenvalue weighted by Crippen LogP contribution is -1.95. The summed E-state index contributed by atoms with van der Waals surface area (Å²) in [7, 11) is 0. The number of nitrogens with two attached hydrogens (primary N) is 1. The van der Waals surface area contributed by atoms with E-state index in [0.717, 1.165) is 34.6 Å². The third-order valence-electron chi connectivity index (χ3n) is 3.07. The summed E-state index contributed by atoms with van der Waals surface area (Å²) in [6.07, 6.45) is 1.80. The highest BCUT2D eigenvalue weighted by Crippen LogP contribution is 2.39. The predicted molar refractivity (Wildman–Crippen MR) is 84.0 cm³/mol. The fourth-order valence-electron chi connectivity index (χ4n) is 2.09. The van der Waals surface area contributed by atoms with Crippen molar-refractivity contribution >= 4 is 17.0 Å². The van der Waals surface area contributed by atoms with Crippen LogP contribution in [0, 0.1) is 11.3 Å². The first-order valence-electron chi connectivity index (χ1n) is 6.75. The zero-order chi connectivity index (χ0) is 14.5. The Balaban J connectivity index is 2.43. The maximum absolute atomic E-state index is 9.13. The molecule has 0 fully saturated rings. The van der Waals surface area contributed by atoms with Crippen molar-refractivity contribution in [2.75, 3.05) is 12.3 Å². The average Bonchev–Trinajstić information content (AvgIpc) is 2.81. The minimum atomic E-state index is 0.594. The molecule has 0 saturated heterocycles. The zero-order valence-electron chi connectivity index (χ0n) is 11.8. The monoisotopic (exact) mass is 286 g/mol. The summed E-state index contributed by atoms with van der Waals surface area (Å²) in [5, 5.41) is 9.13. The van der Waals surface area contributed by atoms with Crippen molar-refractivity contribution in [1.82, 2.24) is 0 Å². The van der Waals surface area contributed by atoms with Crippen LogP contribution < -0.4 is 10.5 Å². The molecule has 0 bridgehead atoms. The van der Waals surface area contributed by atoms with Crippen LogP contribution in [0.25, 0.3) is 10.4 Å². The predicted octanol–water partition coefficient (Wildman–Crippen LogP) is 4.22. The molecule has 0 unspecified atom stereocenters. The smallest absolute Gasteiger partial charge is 0.128 e. The van der Waals surface area contributed by atoms with Gasteiger partial charge in [0.1, 0.15) is 16.7 Å². The van der Waals surface area contributed by atoms with E-state index in [4.69, 9.17) is 15.7 Å². The maximum atomic E-state index is 9.13. The minimum absolute atomic E-state index is 0.594. The van der Waals surface area contributed by atoms with Crippen molar-refractivity contribution in [1.29, 1.82) is 5.26 Å². The van der Waals surface area contributed by atoms with Crippen molar-refractivity contribution in [3.05, 3.63) is 34.7 Å². The molecule has 0 aliphatic rings. The lowest BCUT2D eigenvalue weighted by molar-refractivity contribution is 0.317. The van der Waals surface area contributed by atoms with E-state index in [0.29, 0.717) is 17.2 Å². The number of benzene rings is 1. The Labute approximate surface area is 123 Å². The molecule has 2 aromatic rings. The molecule has 0 aliphatic carbocycles. The molecule has 0 aliphatic heterocycles. The summed E-state index contributed by atoms with van der Waals surface area (Å²) in [5.41, 5.74) is 8.78. The van der Waals surface area contributed by atoms with Crippen LogP contribution in [0.4, 0.5) is 5.69 Å². The van der Waals surface area contributed by atoms with Crippen molar-refractivity contribution in [3.8, 4) is 22.3 Å². The van der Waals surface area contributed by atoms with Gasteiger partial charge in [-0.1, -0.05) is 26.0 Å². The Bertz CT molecular complexity index is 640. The van der Waals surface area contributed by atoms with Crippen molar-refractivity contribution in [3.63, 3.8) is 0 Å². The van der Waals surface area contributed by atoms with Gasteiger partial charge in [0.25, 0.3) is 0 Å². The summed E-state index contributed by atoms with van der Waals surface area (Å²) in [6, 6.07) is 10.1. The molecule has 1 aromatic carbocycles. The summed E-state index contributed by atoms with van der Waals surface area (Å²) in [6.45, 7) is 4.85. The Kier molecular flexibility index (Phi) is 4.65. The standard InChI is InChI=1S/C16H18N2OS/c1-3-8-19-12-7-5-6-11(9-12)16-13(4-2)15(18)14(10-17)20-16/h5-7,9H,3-4,8,18H2,1-2H3. The lowest BCUT2D eigenvalue weighted by Gasteiger charge is -2.07. The van der Waals surface area contributed by atoms with Gasteiger partial charge in [-0.25, -0.2) is 0 Å². The maximum Gasteiger partial charge on any atom is 0.128 e. The number of ether oxygens (including phenoxy) is 1. The van der Waals surface area contributed by atoms with Crippen LogP contribution in [0.15, 0.2) is 24.3 Å². The van der Waals surface area contributed by atoms with E-state index >= 15 is 0 Å². The van der Waals surface area contributed by atoms with Crippen LogP contribution in [-0.2, 0) is 6.42 Å². The second-order valence-electron chi connectivity index (χ2n) is 4.49. The summed E-state index contributed by atoms with van der Waals surface area (Å²) < 4.78 is 5.66. The number of nitrogen functional groups attached to an aromatic ring is 1. The Morgan fingerprint density at radius 2 is 2.15 bits per heavy atom. The van der Waals surface area contributed by atoms with Gasteiger partial charge in [0.15, 0.2) is 0 Å². The first-order chi connectivity index (χ1) is 9.71. The molecule has 3 nitrogen and oxygen atoms in total. The number of rotatable bonds is 5. The van der Waals surface area contributed by atoms with Crippen molar-refractivity contribution < 1.29 is 4.74 Å². The molecule has 0 radical (unpaired) electrons. The van der Waals surface area contributed by atoms with Gasteiger partial charge in [-0.15, -0.1) is 11.3 Å². The number of hydrogen-bond donors (Lipinski definition) is 1. The fourth-order valence-corrected chi connectivity index (χ4v) is 3.20. The number of thiophene rings is 1. The Hall–Kier alpha value is -1.99. The number of nitriles is 1. The molecule has 0 atom stereocenters. The van der Waals surface area contributed by atoms with E-state index in [1.165, 1.54) is 11.3 Å². The van der Waals surface area contributed by atoms with E-state index in [9.17, 15) is 0 Å². The van der Waals surface area contributed by atoms with Crippen LogP contribution in [0.5, 0.6) is 5.75 Å². The summed E-state index contributed by atoms with van der Waals surface area (Å²) >= 11 is 1.45. The molecule has 0 spiro atoms. The quantitative estimate of drug-likeness (QED) is 0.895. The molecule has 1 heterocycles. The molecule has 20 heavy (non-hydrogen) atoms. The van der Waals surface area contributed by atoms with Gasteiger partial charge in [-0.05, 0) is 36.1 Å². The van der Waals surface area contributed by atoms with Gasteiger partial charge in [0.2, 0.25) is 0 Å². The largest absolute Gasteiger partial charge is 0.494 e. The van der Waals surface area contributed by atoms with Crippen LogP contribution in [0.1, 0.15) is 30.7 Å². The number of hydrogen-bond acceptors (Lipinski definition) is 4. The van der Waals surface area contributed by atoms with Crippen molar-refractivity contribution in [2.45, 2.75) is 26.7 Å². The van der Waals surface area contributed by atoms with E-state index in [2.05, 4.69) is 19.9 Å². The lowest BCUT2D eigenvalue weighted by atomic mass is 10.1. The fraction of sp³-hybridized carbons (Fsp3) is 0.312. The summed E-state index contributed by atoms with van der Waals surface area (Å²) in [5.74, 6) is 0.858. The van der Waals surface area contributed by atoms with E-state index < -0.39 is 0 Å². The third kappa shape index (κ3) is 2.78. The van der Waals surface area contributed by atoms with Gasteiger partial charge in [0, 0.05) is 4.88 Å². The molecule has 0 saturated carbocycles. The van der Waals surface area contributed by atoms with Gasteiger partial charge in [-0.2, -0.15) is 5.26 Å². The first kappa shape index (κ1) is 14.4. The molecule has 104 valence electrons. The molecule has 4 heteroatoms. The first-order valence-corrected chi connectivity index (χ1v) is 7.57. The van der Waals surface area contributed by atoms with Crippen LogP contribution in [0.3, 0.4) is 0 Å². The zero-order valence-corrected chi connectivity index (χ0v) is 12.6. The normalized spacial score (nSPS) is 10.2. The highest BCUT2D eigenvalue weighted by molar-refractivity contribution is 7.16. The number of anilines is 1. The van der Waals surface area contributed by atoms with E-state index in [-0.39, 0.29) is 0 Å². The Morgan fingerprint density at radius 3 is 2.80 bits per heavy atom. The minimum Gasteiger partial charge on any atom is -0.494 e. The second-order valence-corrected chi connectivity index (χ2v) is 5.51. The molecule has 2 N–H and O–H groups in total. The molecular formula is C16H18N2OS. The van der Waals surface area contributed by atoms with Gasteiger partial charge in [0.05, 0.1) is 12.3 Å². The van der Waals surface area contributed by atoms with Crippen LogP contribution in [-0.4, -0.2) is 6.61 Å². The van der Waals surface area contributed by atoms with E-state index in [1.807, 2.05) is 24.3 Å². The summed E-state index contributed by atoms with van der Waals surface area (Å²) in [4.78, 5) is 1.67. The SMILES string of the molecule is CCCOc1cccc(-c2sc(C#N)c(N)c2CC)c1. The van der Waals surface area contributed by atoms with Gasteiger partial charge in [-0.3, -0.25) is 0 Å². The van der Waals surface area contributed by atoms with E-state index in [1.54, 1.807) is 0 Å². The van der Waals surface area contributed by atoms with Crippen LogP contribution in [0.2, 0.25) is 0 Å². The highest BCUT2D eigenvalue weighted by atomic mass is 32.1. The van der Waals surface area contributed by atoms with Gasteiger partial charge >= 0.3 is 0 Å². The second kappa shape index (κ2) is 6.44. The molecular weight excluding hydrogens is 268 g/mol. The molecule has 1 aromatic heterocycles. The third-order valence-corrected chi connectivity index (χ3v) is 4.27. The Morgan fingerprint density at radius 1 is 1.35 bits per heavy atom. The van der Waals surface area contributed by atoms with Gasteiger partial charge < -0.3 is 10.5 Å². The molecule has 0 amide bonds. The topological polar surface area (TPSA) is 59.0 Å². The highest BCUT2D eigenvalue weighted by Gasteiger charge is 2.16. The van der Waals surface area contributed by atoms with Crippen molar-refractivity contribution in [2.24, 2.45) is 0 Å². The molecule has 2 rings (SSSR count). The number of nitrogens with zero attached hydrogens (tertiary/aromatic N) is 1. The average molecular weight is 286 g/mol.